The minimum absolute atomic E-state index is 0.631. The molecule has 0 amide bonds. The summed E-state index contributed by atoms with van der Waals surface area (Å²) in [7, 11) is 3.30. The summed E-state index contributed by atoms with van der Waals surface area (Å²) in [6.45, 7) is 4.11. The van der Waals surface area contributed by atoms with Crippen molar-refractivity contribution < 1.29 is 14.2 Å². The number of hydrogen-bond acceptors (Lipinski definition) is 3. The van der Waals surface area contributed by atoms with Crippen LogP contribution in [0.15, 0.2) is 37.1 Å². The summed E-state index contributed by atoms with van der Waals surface area (Å²) in [4.78, 5) is 0. The second-order valence-corrected chi connectivity index (χ2v) is 3.34. The van der Waals surface area contributed by atoms with Gasteiger partial charge in [0, 0.05) is 5.56 Å². The van der Waals surface area contributed by atoms with Gasteiger partial charge in [0.25, 0.3) is 0 Å². The van der Waals surface area contributed by atoms with Crippen LogP contribution in [0, 0.1) is 0 Å². The van der Waals surface area contributed by atoms with Crippen molar-refractivity contribution in [2.24, 2.45) is 0 Å². The van der Waals surface area contributed by atoms with Gasteiger partial charge >= 0.3 is 0 Å². The minimum Gasteiger partial charge on any atom is -0.501 e. The quantitative estimate of drug-likeness (QED) is 0.535. The van der Waals surface area contributed by atoms with Crippen LogP contribution < -0.4 is 9.47 Å². The molecule has 0 aromatic heterocycles. The molecule has 0 fully saturated rings. The number of ether oxygens (including phenoxy) is 3. The molecule has 0 aliphatic carbocycles. The van der Waals surface area contributed by atoms with E-state index < -0.39 is 0 Å². The molecule has 0 unspecified atom stereocenters. The monoisotopic (exact) mass is 234 g/mol. The molecule has 1 rings (SSSR count). The Morgan fingerprint density at radius 3 is 2.71 bits per heavy atom. The molecule has 0 saturated heterocycles. The van der Waals surface area contributed by atoms with E-state index in [1.54, 1.807) is 14.2 Å². The molecule has 0 heterocycles. The summed E-state index contributed by atoms with van der Waals surface area (Å²) in [5.74, 6) is 1.64. The maximum atomic E-state index is 5.27. The van der Waals surface area contributed by atoms with Gasteiger partial charge in [-0.1, -0.05) is 18.7 Å². The summed E-state index contributed by atoms with van der Waals surface area (Å²) >= 11 is 0. The van der Waals surface area contributed by atoms with Crippen molar-refractivity contribution in [3.05, 3.63) is 42.7 Å². The summed E-state index contributed by atoms with van der Waals surface area (Å²) in [5.41, 5.74) is 0.991. The van der Waals surface area contributed by atoms with Gasteiger partial charge in [0.2, 0.25) is 0 Å². The smallest absolute Gasteiger partial charge is 0.126 e. The van der Waals surface area contributed by atoms with Gasteiger partial charge < -0.3 is 14.2 Å². The number of benzene rings is 1. The average Bonchev–Trinajstić information content (AvgIpc) is 2.38. The van der Waals surface area contributed by atoms with Gasteiger partial charge in [0.15, 0.2) is 0 Å². The Balaban J connectivity index is 2.69. The lowest BCUT2D eigenvalue weighted by Crippen LogP contribution is -1.89. The lowest BCUT2D eigenvalue weighted by atomic mass is 10.1. The topological polar surface area (TPSA) is 27.7 Å². The first kappa shape index (κ1) is 13.2. The fourth-order valence-corrected chi connectivity index (χ4v) is 1.40. The Bertz CT molecular complexity index is 383. The van der Waals surface area contributed by atoms with Gasteiger partial charge in [0.05, 0.1) is 27.1 Å². The van der Waals surface area contributed by atoms with Gasteiger partial charge in [-0.2, -0.15) is 0 Å². The molecule has 0 aliphatic heterocycles. The van der Waals surface area contributed by atoms with Crippen LogP contribution in [-0.2, 0) is 4.74 Å². The molecular formula is C14H18O3. The molecule has 0 aliphatic rings. The van der Waals surface area contributed by atoms with E-state index in [0.717, 1.165) is 23.5 Å². The van der Waals surface area contributed by atoms with E-state index in [0.29, 0.717) is 6.61 Å². The molecular weight excluding hydrogens is 216 g/mol. The molecule has 1 aromatic rings. The molecule has 3 heteroatoms. The normalized spacial score (nSPS) is 10.2. The maximum Gasteiger partial charge on any atom is 0.126 e. The first-order valence-corrected chi connectivity index (χ1v) is 5.43. The van der Waals surface area contributed by atoms with Crippen LogP contribution in [0.25, 0.3) is 6.08 Å². The van der Waals surface area contributed by atoms with E-state index in [9.17, 15) is 0 Å². The van der Waals surface area contributed by atoms with Gasteiger partial charge in [-0.3, -0.25) is 0 Å². The van der Waals surface area contributed by atoms with Gasteiger partial charge in [0.1, 0.15) is 11.5 Å². The summed E-state index contributed by atoms with van der Waals surface area (Å²) in [5, 5.41) is 0. The Morgan fingerprint density at radius 1 is 1.24 bits per heavy atom. The zero-order valence-electron chi connectivity index (χ0n) is 10.3. The second kappa shape index (κ2) is 7.39. The fraction of sp³-hybridized carbons (Fsp3) is 0.286. The van der Waals surface area contributed by atoms with E-state index in [-0.39, 0.29) is 0 Å². The predicted octanol–water partition coefficient (Wildman–Crippen LogP) is 3.27. The largest absolute Gasteiger partial charge is 0.501 e. The number of rotatable bonds is 7. The predicted molar refractivity (Wildman–Crippen MR) is 69.3 cm³/mol. The standard InChI is InChI=1S/C14H18O3/c1-4-17-10-6-5-7-12-11-13(15-2)8-9-14(12)16-3/h4-5,7-9,11H,1,6,10H2,2-3H3/b7-5+. The van der Waals surface area contributed by atoms with Crippen LogP contribution in [0.3, 0.4) is 0 Å². The van der Waals surface area contributed by atoms with Crippen molar-refractivity contribution in [3.8, 4) is 11.5 Å². The van der Waals surface area contributed by atoms with Crippen LogP contribution in [0.1, 0.15) is 12.0 Å². The van der Waals surface area contributed by atoms with E-state index in [1.165, 1.54) is 6.26 Å². The highest BCUT2D eigenvalue weighted by Crippen LogP contribution is 2.25. The van der Waals surface area contributed by atoms with Crippen molar-refractivity contribution in [2.75, 3.05) is 20.8 Å². The van der Waals surface area contributed by atoms with Gasteiger partial charge in [-0.25, -0.2) is 0 Å². The Kier molecular flexibility index (Phi) is 5.72. The lowest BCUT2D eigenvalue weighted by Gasteiger charge is -2.07. The average molecular weight is 234 g/mol. The molecule has 0 radical (unpaired) electrons. The molecule has 0 bridgehead atoms. The highest BCUT2D eigenvalue weighted by molar-refractivity contribution is 5.59. The van der Waals surface area contributed by atoms with Gasteiger partial charge in [-0.05, 0) is 24.6 Å². The SMILES string of the molecule is C=COCC/C=C/c1cc(OC)ccc1OC. The summed E-state index contributed by atoms with van der Waals surface area (Å²) < 4.78 is 15.5. The zero-order chi connectivity index (χ0) is 12.5. The Labute approximate surface area is 102 Å². The van der Waals surface area contributed by atoms with Crippen molar-refractivity contribution in [2.45, 2.75) is 6.42 Å². The first-order valence-electron chi connectivity index (χ1n) is 5.43. The van der Waals surface area contributed by atoms with E-state index in [1.807, 2.05) is 30.4 Å². The van der Waals surface area contributed by atoms with Crippen LogP contribution >= 0.6 is 0 Å². The highest BCUT2D eigenvalue weighted by Gasteiger charge is 2.01. The summed E-state index contributed by atoms with van der Waals surface area (Å²) in [6.07, 6.45) is 6.29. The molecule has 3 nitrogen and oxygen atoms in total. The van der Waals surface area contributed by atoms with Crippen LogP contribution in [0.2, 0.25) is 0 Å². The molecule has 0 saturated carbocycles. The Morgan fingerprint density at radius 2 is 2.06 bits per heavy atom. The second-order valence-electron chi connectivity index (χ2n) is 3.34. The van der Waals surface area contributed by atoms with Crippen LogP contribution in [0.5, 0.6) is 11.5 Å². The summed E-state index contributed by atoms with van der Waals surface area (Å²) in [6, 6.07) is 5.69. The number of hydrogen-bond donors (Lipinski definition) is 0. The van der Waals surface area contributed by atoms with Gasteiger partial charge in [-0.15, -0.1) is 0 Å². The molecule has 1 aromatic carbocycles. The fourth-order valence-electron chi connectivity index (χ4n) is 1.40. The molecule has 17 heavy (non-hydrogen) atoms. The van der Waals surface area contributed by atoms with Crippen molar-refractivity contribution in [3.63, 3.8) is 0 Å². The third kappa shape index (κ3) is 4.23. The minimum atomic E-state index is 0.631. The maximum absolute atomic E-state index is 5.27. The van der Waals surface area contributed by atoms with Crippen LogP contribution in [0.4, 0.5) is 0 Å². The van der Waals surface area contributed by atoms with E-state index >= 15 is 0 Å². The molecule has 0 atom stereocenters. The van der Waals surface area contributed by atoms with E-state index in [4.69, 9.17) is 14.2 Å². The third-order valence-corrected chi connectivity index (χ3v) is 2.25. The van der Waals surface area contributed by atoms with E-state index in [2.05, 4.69) is 6.58 Å². The van der Waals surface area contributed by atoms with Crippen molar-refractivity contribution in [1.29, 1.82) is 0 Å². The molecule has 0 spiro atoms. The first-order chi connectivity index (χ1) is 8.31. The van der Waals surface area contributed by atoms with Crippen molar-refractivity contribution >= 4 is 6.08 Å². The highest BCUT2D eigenvalue weighted by atomic mass is 16.5. The zero-order valence-corrected chi connectivity index (χ0v) is 10.3. The Hall–Kier alpha value is -1.90. The molecule has 0 N–H and O–H groups in total. The lowest BCUT2D eigenvalue weighted by molar-refractivity contribution is 0.257. The van der Waals surface area contributed by atoms with Crippen molar-refractivity contribution in [1.82, 2.24) is 0 Å². The van der Waals surface area contributed by atoms with Crippen LogP contribution in [-0.4, -0.2) is 20.8 Å². The molecule has 92 valence electrons. The number of methoxy groups -OCH3 is 2. The third-order valence-electron chi connectivity index (χ3n) is 2.25.